The van der Waals surface area contributed by atoms with Crippen molar-refractivity contribution in [2.75, 3.05) is 0 Å². The van der Waals surface area contributed by atoms with Gasteiger partial charge in [0.2, 0.25) is 0 Å². The molecule has 0 saturated carbocycles. The first kappa shape index (κ1) is 6.70. The molecule has 0 N–H and O–H groups in total. The summed E-state index contributed by atoms with van der Waals surface area (Å²) in [6.45, 7) is 0. The maximum Gasteiger partial charge on any atom is 0.176 e. The summed E-state index contributed by atoms with van der Waals surface area (Å²) in [5.74, 6) is 0.647. The summed E-state index contributed by atoms with van der Waals surface area (Å²) in [4.78, 5) is 9.82. The highest BCUT2D eigenvalue weighted by molar-refractivity contribution is 8.11. The van der Waals surface area contributed by atoms with Crippen LogP contribution in [-0.2, 0) is 10.5 Å². The molecule has 0 amide bonds. The van der Waals surface area contributed by atoms with Crippen molar-refractivity contribution in [2.24, 2.45) is 0 Å². The average Bonchev–Trinajstić information content (AvgIpc) is 2.34. The number of aromatic nitrogens is 2. The molecule has 0 spiro atoms. The highest BCUT2D eigenvalue weighted by Crippen LogP contribution is 2.09. The molecule has 0 aliphatic carbocycles. The van der Waals surface area contributed by atoms with Crippen molar-refractivity contribution in [1.82, 2.24) is 10.2 Å². The maximum atomic E-state index is 9.82. The summed E-state index contributed by atoms with van der Waals surface area (Å²) in [5.41, 5.74) is 2.46. The minimum Gasteiger partial charge on any atom is -0.291 e. The van der Waals surface area contributed by atoms with Crippen LogP contribution in [-0.4, -0.2) is 15.8 Å². The molecule has 0 bridgehead atoms. The van der Waals surface area contributed by atoms with Crippen LogP contribution in [0.2, 0.25) is 0 Å². The topological polar surface area (TPSA) is 42.9 Å². The third-order valence-electron chi connectivity index (χ3n) is 0.680. The number of hydrogen-bond acceptors (Lipinski definition) is 5. The van der Waals surface area contributed by atoms with Crippen LogP contribution in [0.3, 0.4) is 0 Å². The summed E-state index contributed by atoms with van der Waals surface area (Å²) in [6.07, 6.45) is 0. The minimum atomic E-state index is 0.647. The van der Waals surface area contributed by atoms with Crippen LogP contribution in [0.1, 0.15) is 5.01 Å². The maximum absolute atomic E-state index is 9.82. The zero-order valence-corrected chi connectivity index (χ0v) is 6.11. The molecule has 9 heavy (non-hydrogen) atoms. The van der Waals surface area contributed by atoms with Crippen LogP contribution in [0.15, 0.2) is 5.51 Å². The first-order valence-electron chi connectivity index (χ1n) is 2.24. The van der Waals surface area contributed by atoms with Crippen molar-refractivity contribution >= 4 is 28.7 Å². The van der Waals surface area contributed by atoms with E-state index < -0.39 is 0 Å². The predicted octanol–water partition coefficient (Wildman–Crippen LogP) is 0.962. The van der Waals surface area contributed by atoms with E-state index in [0.29, 0.717) is 5.75 Å². The minimum absolute atomic E-state index is 0.647. The Morgan fingerprint density at radius 1 is 1.89 bits per heavy atom. The molecule has 3 nitrogen and oxygen atoms in total. The first-order valence-corrected chi connectivity index (χ1v) is 4.16. The lowest BCUT2D eigenvalue weighted by molar-refractivity contribution is 0.570. The van der Waals surface area contributed by atoms with Gasteiger partial charge in [-0.3, -0.25) is 4.79 Å². The van der Waals surface area contributed by atoms with Gasteiger partial charge in [0.1, 0.15) is 10.5 Å². The van der Waals surface area contributed by atoms with E-state index in [2.05, 4.69) is 10.2 Å². The number of carbonyl (C=O) groups excluding carboxylic acids is 1. The third kappa shape index (κ3) is 2.11. The lowest BCUT2D eigenvalue weighted by Crippen LogP contribution is -1.76. The largest absolute Gasteiger partial charge is 0.291 e. The molecule has 1 rings (SSSR count). The Labute approximate surface area is 60.5 Å². The van der Waals surface area contributed by atoms with Gasteiger partial charge in [0, 0.05) is 0 Å². The van der Waals surface area contributed by atoms with Crippen LogP contribution in [0.5, 0.6) is 0 Å². The van der Waals surface area contributed by atoms with Crippen molar-refractivity contribution in [2.45, 2.75) is 5.75 Å². The molecule has 0 saturated heterocycles. The lowest BCUT2D eigenvalue weighted by atomic mass is 10.9. The van der Waals surface area contributed by atoms with E-state index in [4.69, 9.17) is 0 Å². The second-order valence-corrected chi connectivity index (χ2v) is 2.97. The predicted molar refractivity (Wildman–Crippen MR) is 38.0 cm³/mol. The Kier molecular flexibility index (Phi) is 2.66. The molecule has 5 heteroatoms. The number of nitrogens with zero attached hydrogens (tertiary/aromatic N) is 2. The summed E-state index contributed by atoms with van der Waals surface area (Å²) in [5, 5.41) is 8.25. The third-order valence-corrected chi connectivity index (χ3v) is 2.14. The Morgan fingerprint density at radius 2 is 2.78 bits per heavy atom. The fraction of sp³-hybridized carbons (Fsp3) is 0.250. The van der Waals surface area contributed by atoms with Crippen LogP contribution in [0.25, 0.3) is 0 Å². The van der Waals surface area contributed by atoms with Crippen LogP contribution < -0.4 is 0 Å². The molecule has 48 valence electrons. The number of rotatable bonds is 3. The van der Waals surface area contributed by atoms with Crippen LogP contribution in [0.4, 0.5) is 0 Å². The number of hydrogen-bond donors (Lipinski definition) is 0. The van der Waals surface area contributed by atoms with E-state index in [1.807, 2.05) is 0 Å². The second kappa shape index (κ2) is 3.58. The molecular weight excluding hydrogens is 156 g/mol. The molecule has 0 atom stereocenters. The van der Waals surface area contributed by atoms with Gasteiger partial charge in [-0.1, -0.05) is 11.8 Å². The van der Waals surface area contributed by atoms with Crippen molar-refractivity contribution in [3.05, 3.63) is 10.5 Å². The van der Waals surface area contributed by atoms with E-state index >= 15 is 0 Å². The average molecular weight is 160 g/mol. The molecule has 0 fully saturated rings. The molecule has 0 aliphatic heterocycles. The van der Waals surface area contributed by atoms with Crippen LogP contribution in [0, 0.1) is 0 Å². The number of carbonyl (C=O) groups is 1. The molecule has 1 aromatic rings. The van der Waals surface area contributed by atoms with Gasteiger partial charge in [-0.15, -0.1) is 21.5 Å². The van der Waals surface area contributed by atoms with Crippen molar-refractivity contribution < 1.29 is 4.79 Å². The van der Waals surface area contributed by atoms with E-state index in [-0.39, 0.29) is 0 Å². The fourth-order valence-electron chi connectivity index (χ4n) is 0.364. The van der Waals surface area contributed by atoms with Crippen molar-refractivity contribution in [3.63, 3.8) is 0 Å². The Hall–Kier alpha value is -0.420. The van der Waals surface area contributed by atoms with Gasteiger partial charge in [0.25, 0.3) is 0 Å². The SMILES string of the molecule is O=CSCc1nncs1. The molecule has 0 unspecified atom stereocenters. The van der Waals surface area contributed by atoms with Gasteiger partial charge in [0.15, 0.2) is 5.62 Å². The normalized spacial score (nSPS) is 9.33. The van der Waals surface area contributed by atoms with Gasteiger partial charge in [-0.2, -0.15) is 0 Å². The Morgan fingerprint density at radius 3 is 3.33 bits per heavy atom. The summed E-state index contributed by atoms with van der Waals surface area (Å²) >= 11 is 2.65. The summed E-state index contributed by atoms with van der Waals surface area (Å²) in [6, 6.07) is 0. The van der Waals surface area contributed by atoms with Gasteiger partial charge >= 0.3 is 0 Å². The molecular formula is C4H4N2OS2. The quantitative estimate of drug-likeness (QED) is 0.618. The second-order valence-electron chi connectivity index (χ2n) is 1.24. The summed E-state index contributed by atoms with van der Waals surface area (Å²) < 4.78 is 0. The van der Waals surface area contributed by atoms with E-state index in [9.17, 15) is 4.79 Å². The standard InChI is InChI=1S/C4H4N2OS2/c7-3-8-1-4-6-5-2-9-4/h2-3H,1H2. The first-order chi connectivity index (χ1) is 4.43. The summed E-state index contributed by atoms with van der Waals surface area (Å²) in [7, 11) is 0. The number of thioether (sulfide) groups is 1. The molecule has 1 aromatic heterocycles. The van der Waals surface area contributed by atoms with E-state index in [1.165, 1.54) is 23.1 Å². The highest BCUT2D eigenvalue weighted by atomic mass is 32.2. The molecule has 0 radical (unpaired) electrons. The highest BCUT2D eigenvalue weighted by Gasteiger charge is 1.93. The van der Waals surface area contributed by atoms with Gasteiger partial charge in [-0.05, 0) is 0 Å². The van der Waals surface area contributed by atoms with Crippen LogP contribution >= 0.6 is 23.1 Å². The smallest absolute Gasteiger partial charge is 0.176 e. The van der Waals surface area contributed by atoms with Gasteiger partial charge in [-0.25, -0.2) is 0 Å². The van der Waals surface area contributed by atoms with Crippen molar-refractivity contribution in [3.8, 4) is 0 Å². The molecule has 0 aromatic carbocycles. The van der Waals surface area contributed by atoms with Crippen molar-refractivity contribution in [1.29, 1.82) is 0 Å². The Balaban J connectivity index is 2.38. The van der Waals surface area contributed by atoms with Gasteiger partial charge < -0.3 is 0 Å². The lowest BCUT2D eigenvalue weighted by Gasteiger charge is -1.82. The fourth-order valence-corrected chi connectivity index (χ4v) is 1.42. The zero-order chi connectivity index (χ0) is 6.53. The van der Waals surface area contributed by atoms with E-state index in [0.717, 1.165) is 10.6 Å². The molecule has 0 aliphatic rings. The monoisotopic (exact) mass is 160 g/mol. The Bertz CT molecular complexity index is 175. The van der Waals surface area contributed by atoms with Gasteiger partial charge in [0.05, 0.1) is 5.75 Å². The van der Waals surface area contributed by atoms with E-state index in [1.54, 1.807) is 5.51 Å². The zero-order valence-electron chi connectivity index (χ0n) is 4.48. The molecule has 1 heterocycles.